The molecule has 2 rings (SSSR count). The Hall–Kier alpha value is -3.13. The minimum atomic E-state index is -0.424. The highest BCUT2D eigenvalue weighted by atomic mass is 32.1. The third kappa shape index (κ3) is 6.88. The number of hydrogen-bond acceptors (Lipinski definition) is 5. The van der Waals surface area contributed by atoms with Crippen LogP contribution in [-0.4, -0.2) is 30.6 Å². The third-order valence-electron chi connectivity index (χ3n) is 3.78. The number of carbonyl (C=O) groups excluding carboxylic acids is 2. The van der Waals surface area contributed by atoms with E-state index >= 15 is 0 Å². The lowest BCUT2D eigenvalue weighted by Crippen LogP contribution is -2.50. The Bertz CT molecular complexity index is 853. The second-order valence-corrected chi connectivity index (χ2v) is 6.54. The van der Waals surface area contributed by atoms with Gasteiger partial charge >= 0.3 is 0 Å². The largest absolute Gasteiger partial charge is 0.497 e. The second kappa shape index (κ2) is 10.3. The Morgan fingerprint density at radius 2 is 1.71 bits per heavy atom. The van der Waals surface area contributed by atoms with Crippen molar-refractivity contribution < 1.29 is 19.1 Å². The Balaban J connectivity index is 1.70. The summed E-state index contributed by atoms with van der Waals surface area (Å²) in [5.41, 5.74) is 7.73. The highest BCUT2D eigenvalue weighted by molar-refractivity contribution is 7.80. The number of aryl methyl sites for hydroxylation is 2. The molecular formula is C20H23N3O4S. The minimum Gasteiger partial charge on any atom is -0.497 e. The van der Waals surface area contributed by atoms with Crippen molar-refractivity contribution in [3.05, 3.63) is 59.2 Å². The highest BCUT2D eigenvalue weighted by Gasteiger charge is 2.08. The van der Waals surface area contributed by atoms with Gasteiger partial charge in [0.2, 0.25) is 5.91 Å². The summed E-state index contributed by atoms with van der Waals surface area (Å²) in [6, 6.07) is 12.8. The summed E-state index contributed by atoms with van der Waals surface area (Å²) < 4.78 is 10.5. The molecule has 0 saturated carbocycles. The van der Waals surface area contributed by atoms with Crippen molar-refractivity contribution in [2.75, 3.05) is 13.7 Å². The van der Waals surface area contributed by atoms with Gasteiger partial charge in [0.05, 0.1) is 13.5 Å². The van der Waals surface area contributed by atoms with Crippen molar-refractivity contribution in [3.63, 3.8) is 0 Å². The first-order valence-electron chi connectivity index (χ1n) is 8.59. The highest BCUT2D eigenvalue weighted by Crippen LogP contribution is 2.18. The van der Waals surface area contributed by atoms with Crippen molar-refractivity contribution in [1.29, 1.82) is 0 Å². The molecule has 7 nitrogen and oxygen atoms in total. The predicted molar refractivity (Wildman–Crippen MR) is 110 cm³/mol. The van der Waals surface area contributed by atoms with Crippen LogP contribution in [0, 0.1) is 13.8 Å². The third-order valence-corrected chi connectivity index (χ3v) is 3.99. The molecule has 2 aromatic carbocycles. The second-order valence-electron chi connectivity index (χ2n) is 6.13. The maximum Gasteiger partial charge on any atom is 0.276 e. The molecule has 0 saturated heterocycles. The van der Waals surface area contributed by atoms with E-state index in [0.29, 0.717) is 11.5 Å². The van der Waals surface area contributed by atoms with E-state index in [0.717, 1.165) is 16.7 Å². The van der Waals surface area contributed by atoms with Crippen LogP contribution in [0.1, 0.15) is 16.7 Å². The molecule has 2 aromatic rings. The van der Waals surface area contributed by atoms with Crippen molar-refractivity contribution in [1.82, 2.24) is 16.2 Å². The van der Waals surface area contributed by atoms with Crippen molar-refractivity contribution in [2.24, 2.45) is 0 Å². The lowest BCUT2D eigenvalue weighted by molar-refractivity contribution is -0.124. The van der Waals surface area contributed by atoms with Crippen LogP contribution >= 0.6 is 12.2 Å². The molecule has 3 N–H and O–H groups in total. The average molecular weight is 401 g/mol. The van der Waals surface area contributed by atoms with E-state index in [1.807, 2.05) is 32.0 Å². The van der Waals surface area contributed by atoms with Gasteiger partial charge in [0.1, 0.15) is 11.5 Å². The van der Waals surface area contributed by atoms with Gasteiger partial charge in [-0.2, -0.15) is 0 Å². The molecule has 0 atom stereocenters. The minimum absolute atomic E-state index is 0.00150. The van der Waals surface area contributed by atoms with Gasteiger partial charge in [-0.15, -0.1) is 0 Å². The van der Waals surface area contributed by atoms with Gasteiger partial charge in [0, 0.05) is 0 Å². The van der Waals surface area contributed by atoms with Gasteiger partial charge in [0.25, 0.3) is 5.91 Å². The first-order chi connectivity index (χ1) is 13.4. The maximum atomic E-state index is 12.0. The lowest BCUT2D eigenvalue weighted by atomic mass is 10.1. The van der Waals surface area contributed by atoms with Gasteiger partial charge in [0.15, 0.2) is 11.7 Å². The number of carbonyl (C=O) groups is 2. The quantitative estimate of drug-likeness (QED) is 0.507. The van der Waals surface area contributed by atoms with Gasteiger partial charge in [-0.3, -0.25) is 20.4 Å². The summed E-state index contributed by atoms with van der Waals surface area (Å²) in [4.78, 5) is 23.8. The molecule has 8 heteroatoms. The molecule has 2 amide bonds. The van der Waals surface area contributed by atoms with Crippen LogP contribution in [0.2, 0.25) is 0 Å². The summed E-state index contributed by atoms with van der Waals surface area (Å²) in [7, 11) is 1.58. The van der Waals surface area contributed by atoms with E-state index in [1.165, 1.54) is 0 Å². The molecule has 0 radical (unpaired) electrons. The van der Waals surface area contributed by atoms with Crippen molar-refractivity contribution in [3.8, 4) is 11.5 Å². The molecule has 0 fully saturated rings. The summed E-state index contributed by atoms with van der Waals surface area (Å²) in [5, 5.41) is 2.49. The zero-order valence-electron chi connectivity index (χ0n) is 16.0. The van der Waals surface area contributed by atoms with Crippen LogP contribution in [0.4, 0.5) is 0 Å². The monoisotopic (exact) mass is 401 g/mol. The topological polar surface area (TPSA) is 88.7 Å². The zero-order chi connectivity index (χ0) is 20.5. The summed E-state index contributed by atoms with van der Waals surface area (Å²) in [6.45, 7) is 3.71. The molecule has 0 spiro atoms. The molecule has 28 heavy (non-hydrogen) atoms. The molecule has 0 heterocycles. The summed E-state index contributed by atoms with van der Waals surface area (Å²) in [5.74, 6) is 0.624. The first kappa shape index (κ1) is 21.2. The number of nitrogens with one attached hydrogen (secondary N) is 3. The van der Waals surface area contributed by atoms with Gasteiger partial charge in [-0.1, -0.05) is 29.8 Å². The predicted octanol–water partition coefficient (Wildman–Crippen LogP) is 1.96. The van der Waals surface area contributed by atoms with Crippen LogP contribution < -0.4 is 25.6 Å². The average Bonchev–Trinajstić information content (AvgIpc) is 2.66. The molecule has 148 valence electrons. The van der Waals surface area contributed by atoms with Crippen LogP contribution in [0.3, 0.4) is 0 Å². The fourth-order valence-corrected chi connectivity index (χ4v) is 2.56. The molecule has 0 aromatic heterocycles. The molecule has 0 unspecified atom stereocenters. The number of hydrazine groups is 1. The Morgan fingerprint density at radius 1 is 1.00 bits per heavy atom. The number of thiocarbonyl (C=S) groups is 1. The van der Waals surface area contributed by atoms with Crippen LogP contribution in [0.15, 0.2) is 42.5 Å². The van der Waals surface area contributed by atoms with Gasteiger partial charge in [-0.05, 0) is 55.4 Å². The fraction of sp³-hybridized carbons (Fsp3) is 0.250. The lowest BCUT2D eigenvalue weighted by Gasteiger charge is -2.12. The Labute approximate surface area is 169 Å². The number of ether oxygens (including phenoxy) is 2. The Kier molecular flexibility index (Phi) is 7.76. The number of benzene rings is 2. The number of rotatable bonds is 6. The number of methoxy groups -OCH3 is 1. The van der Waals surface area contributed by atoms with E-state index in [4.69, 9.17) is 21.7 Å². The van der Waals surface area contributed by atoms with Crippen molar-refractivity contribution >= 4 is 29.1 Å². The standard InChI is InChI=1S/C20H23N3O4S/c1-13-4-9-17(14(2)10-13)27-12-19(25)22-23-20(28)21-18(24)11-15-5-7-16(26-3)8-6-15/h4-10H,11-12H2,1-3H3,(H,22,25)(H2,21,23,24,28). The maximum absolute atomic E-state index is 12.0. The van der Waals surface area contributed by atoms with E-state index in [9.17, 15) is 9.59 Å². The first-order valence-corrected chi connectivity index (χ1v) is 9.00. The number of hydrogen-bond donors (Lipinski definition) is 3. The van der Waals surface area contributed by atoms with E-state index in [-0.39, 0.29) is 24.0 Å². The Morgan fingerprint density at radius 3 is 2.36 bits per heavy atom. The smallest absolute Gasteiger partial charge is 0.276 e. The summed E-state index contributed by atoms with van der Waals surface area (Å²) in [6.07, 6.45) is 0.148. The normalized spacial score (nSPS) is 9.96. The molecule has 0 bridgehead atoms. The molecular weight excluding hydrogens is 378 g/mol. The van der Waals surface area contributed by atoms with E-state index in [1.54, 1.807) is 31.4 Å². The number of amides is 2. The van der Waals surface area contributed by atoms with Crippen LogP contribution in [0.25, 0.3) is 0 Å². The van der Waals surface area contributed by atoms with Crippen LogP contribution in [-0.2, 0) is 16.0 Å². The SMILES string of the molecule is COc1ccc(CC(=O)NC(=S)NNC(=O)COc2ccc(C)cc2C)cc1. The molecule has 0 aliphatic carbocycles. The van der Waals surface area contributed by atoms with Gasteiger partial charge < -0.3 is 14.8 Å². The van der Waals surface area contributed by atoms with E-state index in [2.05, 4.69) is 16.2 Å². The van der Waals surface area contributed by atoms with Crippen LogP contribution in [0.5, 0.6) is 11.5 Å². The fourth-order valence-electron chi connectivity index (χ4n) is 2.40. The van der Waals surface area contributed by atoms with Gasteiger partial charge in [-0.25, -0.2) is 0 Å². The molecule has 0 aliphatic heterocycles. The molecule has 0 aliphatic rings. The van der Waals surface area contributed by atoms with Crippen molar-refractivity contribution in [2.45, 2.75) is 20.3 Å². The zero-order valence-corrected chi connectivity index (χ0v) is 16.8. The summed E-state index contributed by atoms with van der Waals surface area (Å²) >= 11 is 5.00. The van der Waals surface area contributed by atoms with E-state index < -0.39 is 5.91 Å².